The highest BCUT2D eigenvalue weighted by Gasteiger charge is 2.28. The molecule has 1 aromatic carbocycles. The van der Waals surface area contributed by atoms with Crippen LogP contribution in [0.25, 0.3) is 0 Å². The number of anilines is 1. The standard InChI is InChI=1S/C13H14N2O2/c14-9-10-4-3-5-11(8-10)15-7-2-1-6-12(15)13(16)17/h3-5,8,12H,1-2,6-7H2,(H,16,17). The molecule has 0 aromatic heterocycles. The highest BCUT2D eigenvalue weighted by molar-refractivity contribution is 5.78. The summed E-state index contributed by atoms with van der Waals surface area (Å²) in [4.78, 5) is 13.1. The van der Waals surface area contributed by atoms with E-state index >= 15 is 0 Å². The van der Waals surface area contributed by atoms with Crippen LogP contribution >= 0.6 is 0 Å². The summed E-state index contributed by atoms with van der Waals surface area (Å²) in [5, 5.41) is 18.0. The zero-order chi connectivity index (χ0) is 12.3. The van der Waals surface area contributed by atoms with E-state index in [-0.39, 0.29) is 0 Å². The van der Waals surface area contributed by atoms with Gasteiger partial charge in [0.1, 0.15) is 6.04 Å². The van der Waals surface area contributed by atoms with Crippen LogP contribution in [0.1, 0.15) is 24.8 Å². The Morgan fingerprint density at radius 1 is 1.47 bits per heavy atom. The molecule has 4 nitrogen and oxygen atoms in total. The predicted molar refractivity (Wildman–Crippen MR) is 63.8 cm³/mol. The fraction of sp³-hybridized carbons (Fsp3) is 0.385. The molecule has 0 spiro atoms. The Balaban J connectivity index is 2.29. The van der Waals surface area contributed by atoms with Crippen LogP contribution in [0.2, 0.25) is 0 Å². The summed E-state index contributed by atoms with van der Waals surface area (Å²) in [5.41, 5.74) is 1.40. The molecular formula is C13H14N2O2. The molecule has 0 aliphatic carbocycles. The summed E-state index contributed by atoms with van der Waals surface area (Å²) in [7, 11) is 0. The van der Waals surface area contributed by atoms with Crippen molar-refractivity contribution in [3.63, 3.8) is 0 Å². The average molecular weight is 230 g/mol. The second kappa shape index (κ2) is 4.88. The SMILES string of the molecule is N#Cc1cccc(N2CCCCC2C(=O)O)c1. The Labute approximate surface area is 100 Å². The summed E-state index contributed by atoms with van der Waals surface area (Å²) in [5.74, 6) is -0.785. The number of piperidine rings is 1. The fourth-order valence-electron chi connectivity index (χ4n) is 2.25. The number of hydrogen-bond acceptors (Lipinski definition) is 3. The average Bonchev–Trinajstić information content (AvgIpc) is 2.39. The third-order valence-electron chi connectivity index (χ3n) is 3.09. The maximum Gasteiger partial charge on any atom is 0.326 e. The van der Waals surface area contributed by atoms with Gasteiger partial charge in [-0.15, -0.1) is 0 Å². The lowest BCUT2D eigenvalue weighted by molar-refractivity contribution is -0.139. The maximum absolute atomic E-state index is 11.2. The van der Waals surface area contributed by atoms with E-state index < -0.39 is 12.0 Å². The van der Waals surface area contributed by atoms with Gasteiger partial charge in [-0.3, -0.25) is 0 Å². The van der Waals surface area contributed by atoms with Gasteiger partial charge in [0.05, 0.1) is 11.6 Å². The van der Waals surface area contributed by atoms with Crippen molar-refractivity contribution >= 4 is 11.7 Å². The maximum atomic E-state index is 11.2. The largest absolute Gasteiger partial charge is 0.480 e. The van der Waals surface area contributed by atoms with Crippen molar-refractivity contribution < 1.29 is 9.90 Å². The van der Waals surface area contributed by atoms with Gasteiger partial charge in [0.15, 0.2) is 0 Å². The number of nitrogens with zero attached hydrogens (tertiary/aromatic N) is 2. The molecule has 1 aromatic rings. The van der Waals surface area contributed by atoms with E-state index in [1.165, 1.54) is 0 Å². The molecule has 2 rings (SSSR count). The summed E-state index contributed by atoms with van der Waals surface area (Å²) in [6, 6.07) is 8.75. The first kappa shape index (κ1) is 11.5. The van der Waals surface area contributed by atoms with Crippen LogP contribution < -0.4 is 4.90 Å². The van der Waals surface area contributed by atoms with Gasteiger partial charge in [0, 0.05) is 12.2 Å². The van der Waals surface area contributed by atoms with Crippen molar-refractivity contribution in [1.82, 2.24) is 0 Å². The molecule has 17 heavy (non-hydrogen) atoms. The lowest BCUT2D eigenvalue weighted by Gasteiger charge is -2.34. The van der Waals surface area contributed by atoms with Crippen LogP contribution in [0.4, 0.5) is 5.69 Å². The molecule has 1 N–H and O–H groups in total. The minimum absolute atomic E-state index is 0.460. The van der Waals surface area contributed by atoms with Crippen LogP contribution in [-0.2, 0) is 4.79 Å². The van der Waals surface area contributed by atoms with E-state index in [9.17, 15) is 9.90 Å². The molecule has 1 unspecified atom stereocenters. The number of carboxylic acids is 1. The van der Waals surface area contributed by atoms with E-state index in [0.717, 1.165) is 25.1 Å². The topological polar surface area (TPSA) is 64.3 Å². The minimum atomic E-state index is -0.785. The first-order chi connectivity index (χ1) is 8.22. The van der Waals surface area contributed by atoms with Gasteiger partial charge in [0.2, 0.25) is 0 Å². The van der Waals surface area contributed by atoms with Gasteiger partial charge < -0.3 is 10.0 Å². The highest BCUT2D eigenvalue weighted by atomic mass is 16.4. The highest BCUT2D eigenvalue weighted by Crippen LogP contribution is 2.25. The van der Waals surface area contributed by atoms with E-state index in [1.54, 1.807) is 18.2 Å². The molecule has 1 fully saturated rings. The van der Waals surface area contributed by atoms with E-state index in [4.69, 9.17) is 5.26 Å². The molecule has 0 radical (unpaired) electrons. The predicted octanol–water partition coefficient (Wildman–Crippen LogP) is 2.00. The summed E-state index contributed by atoms with van der Waals surface area (Å²) in [6.07, 6.45) is 2.62. The molecule has 0 saturated carbocycles. The van der Waals surface area contributed by atoms with Gasteiger partial charge in [-0.1, -0.05) is 6.07 Å². The van der Waals surface area contributed by atoms with Crippen LogP contribution in [0.15, 0.2) is 24.3 Å². The van der Waals surface area contributed by atoms with Crippen molar-refractivity contribution in [3.8, 4) is 6.07 Å². The third-order valence-corrected chi connectivity index (χ3v) is 3.09. The lowest BCUT2D eigenvalue weighted by atomic mass is 10.0. The fourth-order valence-corrected chi connectivity index (χ4v) is 2.25. The van der Waals surface area contributed by atoms with Crippen LogP contribution in [0.5, 0.6) is 0 Å². The molecule has 0 amide bonds. The van der Waals surface area contributed by atoms with Crippen LogP contribution in [-0.4, -0.2) is 23.7 Å². The Morgan fingerprint density at radius 2 is 2.29 bits per heavy atom. The van der Waals surface area contributed by atoms with Crippen molar-refractivity contribution in [1.29, 1.82) is 5.26 Å². The van der Waals surface area contributed by atoms with Gasteiger partial charge in [-0.25, -0.2) is 4.79 Å². The van der Waals surface area contributed by atoms with Crippen LogP contribution in [0.3, 0.4) is 0 Å². The number of aliphatic carboxylic acids is 1. The number of hydrogen-bond donors (Lipinski definition) is 1. The van der Waals surface area contributed by atoms with E-state index in [0.29, 0.717) is 12.0 Å². The Kier molecular flexibility index (Phi) is 3.29. The second-order valence-corrected chi connectivity index (χ2v) is 4.21. The molecule has 1 saturated heterocycles. The summed E-state index contributed by atoms with van der Waals surface area (Å²) in [6.45, 7) is 0.742. The van der Waals surface area contributed by atoms with Crippen LogP contribution in [0, 0.1) is 11.3 Å². The molecular weight excluding hydrogens is 216 g/mol. The number of carbonyl (C=O) groups is 1. The van der Waals surface area contributed by atoms with Gasteiger partial charge >= 0.3 is 5.97 Å². The molecule has 88 valence electrons. The lowest BCUT2D eigenvalue weighted by Crippen LogP contribution is -2.44. The second-order valence-electron chi connectivity index (χ2n) is 4.21. The van der Waals surface area contributed by atoms with Crippen molar-refractivity contribution in [3.05, 3.63) is 29.8 Å². The molecule has 1 heterocycles. The number of nitriles is 1. The molecule has 1 aliphatic heterocycles. The molecule has 0 bridgehead atoms. The Morgan fingerprint density at radius 3 is 3.00 bits per heavy atom. The smallest absolute Gasteiger partial charge is 0.326 e. The van der Waals surface area contributed by atoms with Gasteiger partial charge in [0.25, 0.3) is 0 Å². The van der Waals surface area contributed by atoms with Gasteiger partial charge in [-0.2, -0.15) is 5.26 Å². The Hall–Kier alpha value is -2.02. The summed E-state index contributed by atoms with van der Waals surface area (Å²) >= 11 is 0. The monoisotopic (exact) mass is 230 g/mol. The minimum Gasteiger partial charge on any atom is -0.480 e. The van der Waals surface area contributed by atoms with E-state index in [2.05, 4.69) is 6.07 Å². The first-order valence-electron chi connectivity index (χ1n) is 5.72. The zero-order valence-electron chi connectivity index (χ0n) is 9.47. The normalized spacial score (nSPS) is 19.7. The third kappa shape index (κ3) is 2.39. The number of rotatable bonds is 2. The summed E-state index contributed by atoms with van der Waals surface area (Å²) < 4.78 is 0. The number of benzene rings is 1. The Bertz CT molecular complexity index is 465. The van der Waals surface area contributed by atoms with Crippen molar-refractivity contribution in [2.45, 2.75) is 25.3 Å². The first-order valence-corrected chi connectivity index (χ1v) is 5.72. The van der Waals surface area contributed by atoms with Crippen molar-refractivity contribution in [2.75, 3.05) is 11.4 Å². The zero-order valence-corrected chi connectivity index (χ0v) is 9.47. The quantitative estimate of drug-likeness (QED) is 0.844. The molecule has 4 heteroatoms. The molecule has 1 aliphatic rings. The van der Waals surface area contributed by atoms with Gasteiger partial charge in [-0.05, 0) is 37.5 Å². The number of carboxylic acid groups (broad SMARTS) is 1. The van der Waals surface area contributed by atoms with Crippen molar-refractivity contribution in [2.24, 2.45) is 0 Å². The van der Waals surface area contributed by atoms with E-state index in [1.807, 2.05) is 11.0 Å². The molecule has 1 atom stereocenters.